The maximum absolute atomic E-state index is 12.0. The Balaban J connectivity index is 3.71. The molecule has 0 spiro atoms. The maximum atomic E-state index is 12.0. The number of ether oxygens (including phenoxy) is 2. The molecule has 0 aromatic heterocycles. The van der Waals surface area contributed by atoms with Crippen molar-refractivity contribution in [3.63, 3.8) is 0 Å². The highest BCUT2D eigenvalue weighted by atomic mass is 16.6. The molecule has 0 bridgehead atoms. The van der Waals surface area contributed by atoms with Crippen LogP contribution in [0.5, 0.6) is 0 Å². The normalized spacial score (nSPS) is 11.2. The minimum Gasteiger partial charge on any atom is -0.449 e. The topological polar surface area (TPSA) is 76.7 Å². The van der Waals surface area contributed by atoms with Gasteiger partial charge in [0.2, 0.25) is 0 Å². The van der Waals surface area contributed by atoms with Gasteiger partial charge in [-0.1, -0.05) is 135 Å². The van der Waals surface area contributed by atoms with E-state index in [1.807, 2.05) is 6.92 Å². The van der Waals surface area contributed by atoms with Gasteiger partial charge in [0.15, 0.2) is 0 Å². The van der Waals surface area contributed by atoms with Gasteiger partial charge in [0.25, 0.3) is 0 Å². The second-order valence-electron chi connectivity index (χ2n) is 11.2. The second kappa shape index (κ2) is 26.9. The SMILES string of the molecule is C=CC(C)(COC(=O)NCCCCCCCCCCCC)COC(=O)NCCCCCCCCCCCC. The van der Waals surface area contributed by atoms with E-state index in [0.717, 1.165) is 25.7 Å². The zero-order valence-corrected chi connectivity index (χ0v) is 25.4. The third-order valence-corrected chi connectivity index (χ3v) is 7.16. The smallest absolute Gasteiger partial charge is 0.407 e. The molecule has 0 atom stereocenters. The maximum Gasteiger partial charge on any atom is 0.407 e. The molecule has 0 aromatic carbocycles. The Morgan fingerprint density at radius 3 is 1.16 bits per heavy atom. The first-order valence-electron chi connectivity index (χ1n) is 15.9. The zero-order chi connectivity index (χ0) is 28.2. The molecule has 6 heteroatoms. The Morgan fingerprint density at radius 2 is 0.868 bits per heavy atom. The molecule has 6 nitrogen and oxygen atoms in total. The molecule has 0 fully saturated rings. The van der Waals surface area contributed by atoms with E-state index in [1.54, 1.807) is 6.08 Å². The lowest BCUT2D eigenvalue weighted by atomic mass is 9.93. The van der Waals surface area contributed by atoms with Crippen molar-refractivity contribution in [2.75, 3.05) is 26.3 Å². The zero-order valence-electron chi connectivity index (χ0n) is 25.4. The fourth-order valence-electron chi connectivity index (χ4n) is 4.33. The molecule has 0 aliphatic rings. The van der Waals surface area contributed by atoms with Crippen LogP contribution in [0.3, 0.4) is 0 Å². The van der Waals surface area contributed by atoms with Crippen LogP contribution in [-0.4, -0.2) is 38.5 Å². The van der Waals surface area contributed by atoms with Crippen molar-refractivity contribution in [3.8, 4) is 0 Å². The monoisotopic (exact) mass is 538 g/mol. The molecular formula is C32H62N2O4. The third kappa shape index (κ3) is 24.6. The fourth-order valence-corrected chi connectivity index (χ4v) is 4.33. The highest BCUT2D eigenvalue weighted by Gasteiger charge is 2.25. The molecule has 2 amide bonds. The van der Waals surface area contributed by atoms with Gasteiger partial charge >= 0.3 is 12.2 Å². The number of amides is 2. The van der Waals surface area contributed by atoms with Crippen LogP contribution in [0.4, 0.5) is 9.59 Å². The predicted molar refractivity (Wildman–Crippen MR) is 161 cm³/mol. The van der Waals surface area contributed by atoms with E-state index in [-0.39, 0.29) is 13.2 Å². The first-order valence-corrected chi connectivity index (χ1v) is 15.9. The van der Waals surface area contributed by atoms with Gasteiger partial charge in [0, 0.05) is 13.1 Å². The number of carbonyl (C=O) groups excluding carboxylic acids is 2. The molecule has 2 N–H and O–H groups in total. The molecule has 0 aromatic rings. The average molecular weight is 539 g/mol. The summed E-state index contributed by atoms with van der Waals surface area (Å²) in [6.45, 7) is 11.7. The molecular weight excluding hydrogens is 476 g/mol. The Bertz CT molecular complexity index is 526. The minimum absolute atomic E-state index is 0.117. The van der Waals surface area contributed by atoms with Crippen LogP contribution < -0.4 is 10.6 Å². The molecule has 224 valence electrons. The molecule has 0 rings (SSSR count). The number of hydrogen-bond acceptors (Lipinski definition) is 4. The standard InChI is InChI=1S/C32H62N2O4/c1-5-8-10-12-14-16-18-20-22-24-26-33-30(35)37-28-32(4,7-3)29-38-31(36)34-27-25-23-21-19-17-15-13-11-9-6-2/h7H,3,5-6,8-29H2,1-2,4H3,(H,33,35)(H,34,36). The Kier molecular flexibility index (Phi) is 25.7. The van der Waals surface area contributed by atoms with Gasteiger partial charge in [-0.15, -0.1) is 6.58 Å². The van der Waals surface area contributed by atoms with E-state index in [4.69, 9.17) is 9.47 Å². The van der Waals surface area contributed by atoms with Crippen molar-refractivity contribution in [1.29, 1.82) is 0 Å². The summed E-state index contributed by atoms with van der Waals surface area (Å²) in [5.41, 5.74) is -0.622. The molecule has 0 saturated carbocycles. The first-order chi connectivity index (χ1) is 18.5. The van der Waals surface area contributed by atoms with Gasteiger partial charge in [-0.25, -0.2) is 9.59 Å². The largest absolute Gasteiger partial charge is 0.449 e. The number of carbonyl (C=O) groups is 2. The van der Waals surface area contributed by atoms with Crippen LogP contribution in [0.1, 0.15) is 149 Å². The van der Waals surface area contributed by atoms with E-state index >= 15 is 0 Å². The highest BCUT2D eigenvalue weighted by molar-refractivity contribution is 5.67. The number of nitrogens with one attached hydrogen (secondary N) is 2. The summed E-state index contributed by atoms with van der Waals surface area (Å²) in [7, 11) is 0. The lowest BCUT2D eigenvalue weighted by molar-refractivity contribution is 0.0611. The summed E-state index contributed by atoms with van der Waals surface area (Å²) >= 11 is 0. The van der Waals surface area contributed by atoms with Crippen molar-refractivity contribution in [3.05, 3.63) is 12.7 Å². The summed E-state index contributed by atoms with van der Waals surface area (Å²) in [4.78, 5) is 24.1. The molecule has 0 unspecified atom stereocenters. The lowest BCUT2D eigenvalue weighted by Crippen LogP contribution is -2.35. The Morgan fingerprint density at radius 1 is 0.579 bits per heavy atom. The van der Waals surface area contributed by atoms with Crippen LogP contribution in [0.2, 0.25) is 0 Å². The molecule has 0 aliphatic heterocycles. The van der Waals surface area contributed by atoms with Crippen molar-refractivity contribution in [1.82, 2.24) is 10.6 Å². The van der Waals surface area contributed by atoms with Gasteiger partial charge in [-0.05, 0) is 19.8 Å². The quantitative estimate of drug-likeness (QED) is 0.0806. The summed E-state index contributed by atoms with van der Waals surface area (Å²) < 4.78 is 10.7. The highest BCUT2D eigenvalue weighted by Crippen LogP contribution is 2.19. The van der Waals surface area contributed by atoms with E-state index < -0.39 is 17.6 Å². The number of alkyl carbamates (subject to hydrolysis) is 2. The molecule has 38 heavy (non-hydrogen) atoms. The fraction of sp³-hybridized carbons (Fsp3) is 0.875. The van der Waals surface area contributed by atoms with Gasteiger partial charge in [-0.2, -0.15) is 0 Å². The number of unbranched alkanes of at least 4 members (excludes halogenated alkanes) is 18. The van der Waals surface area contributed by atoms with Gasteiger partial charge < -0.3 is 20.1 Å². The summed E-state index contributed by atoms with van der Waals surface area (Å²) in [5, 5.41) is 5.64. The van der Waals surface area contributed by atoms with Gasteiger partial charge in [0.1, 0.15) is 13.2 Å². The average Bonchev–Trinajstić information content (AvgIpc) is 2.92. The van der Waals surface area contributed by atoms with Crippen molar-refractivity contribution < 1.29 is 19.1 Å². The number of hydrogen-bond donors (Lipinski definition) is 2. The third-order valence-electron chi connectivity index (χ3n) is 7.16. The Hall–Kier alpha value is -1.72. The molecule has 0 radical (unpaired) electrons. The first kappa shape index (κ1) is 36.3. The molecule has 0 saturated heterocycles. The van der Waals surface area contributed by atoms with E-state index in [2.05, 4.69) is 31.1 Å². The predicted octanol–water partition coefficient (Wildman–Crippen LogP) is 9.47. The summed E-state index contributed by atoms with van der Waals surface area (Å²) in [6, 6.07) is 0. The molecule has 0 aliphatic carbocycles. The van der Waals surface area contributed by atoms with E-state index in [0.29, 0.717) is 13.1 Å². The van der Waals surface area contributed by atoms with E-state index in [9.17, 15) is 9.59 Å². The van der Waals surface area contributed by atoms with Crippen molar-refractivity contribution >= 4 is 12.2 Å². The number of rotatable bonds is 27. The summed E-state index contributed by atoms with van der Waals surface area (Å²) in [6.07, 6.45) is 26.1. The van der Waals surface area contributed by atoms with Crippen LogP contribution in [-0.2, 0) is 9.47 Å². The van der Waals surface area contributed by atoms with E-state index in [1.165, 1.54) is 103 Å². The van der Waals surface area contributed by atoms with Gasteiger partial charge in [0.05, 0.1) is 5.41 Å². The minimum atomic E-state index is -0.622. The van der Waals surface area contributed by atoms with Crippen molar-refractivity contribution in [2.24, 2.45) is 5.41 Å². The van der Waals surface area contributed by atoms with Crippen molar-refractivity contribution in [2.45, 2.75) is 149 Å². The lowest BCUT2D eigenvalue weighted by Gasteiger charge is -2.24. The van der Waals surface area contributed by atoms with Crippen LogP contribution in [0, 0.1) is 5.41 Å². The van der Waals surface area contributed by atoms with Crippen LogP contribution in [0.25, 0.3) is 0 Å². The van der Waals surface area contributed by atoms with Gasteiger partial charge in [-0.3, -0.25) is 0 Å². The van der Waals surface area contributed by atoms with Crippen LogP contribution in [0.15, 0.2) is 12.7 Å². The molecule has 0 heterocycles. The summed E-state index contributed by atoms with van der Waals surface area (Å²) in [5.74, 6) is 0. The Labute approximate surface area is 235 Å². The second-order valence-corrected chi connectivity index (χ2v) is 11.2. The van der Waals surface area contributed by atoms with Crippen LogP contribution >= 0.6 is 0 Å².